The van der Waals surface area contributed by atoms with Gasteiger partial charge in [-0.25, -0.2) is 8.42 Å². The number of benzene rings is 4. The van der Waals surface area contributed by atoms with Crippen LogP contribution < -0.4 is 14.4 Å². The molecule has 0 heterocycles. The van der Waals surface area contributed by atoms with Crippen molar-refractivity contribution in [3.05, 3.63) is 124 Å². The van der Waals surface area contributed by atoms with E-state index in [1.54, 1.807) is 24.3 Å². The Morgan fingerprint density at radius 2 is 1.52 bits per heavy atom. The van der Waals surface area contributed by atoms with Crippen LogP contribution in [0.25, 0.3) is 0 Å². The van der Waals surface area contributed by atoms with Crippen LogP contribution in [0.15, 0.2) is 112 Å². The average Bonchev–Trinajstić information content (AvgIpc) is 3.60. The van der Waals surface area contributed by atoms with Crippen molar-refractivity contribution in [1.29, 1.82) is 0 Å². The number of nitrogens with zero attached hydrogens (tertiary/aromatic N) is 2. The highest BCUT2D eigenvalue weighted by Crippen LogP contribution is 2.27. The first-order valence-electron chi connectivity index (χ1n) is 16.3. The third-order valence-corrected chi connectivity index (χ3v) is 10.9. The minimum Gasteiger partial charge on any atom is -0.494 e. The molecule has 4 aromatic rings. The summed E-state index contributed by atoms with van der Waals surface area (Å²) in [5.74, 6) is -0.185. The van der Waals surface area contributed by atoms with Crippen LogP contribution >= 0.6 is 15.9 Å². The van der Waals surface area contributed by atoms with Gasteiger partial charge in [0.1, 0.15) is 18.3 Å². The maximum atomic E-state index is 14.7. The molecule has 0 unspecified atom stereocenters. The van der Waals surface area contributed by atoms with E-state index < -0.39 is 28.5 Å². The van der Waals surface area contributed by atoms with Crippen molar-refractivity contribution in [1.82, 2.24) is 10.2 Å². The number of carbonyl (C=O) groups excluding carboxylic acids is 2. The maximum absolute atomic E-state index is 14.7. The number of hydrogen-bond donors (Lipinski definition) is 1. The Bertz CT molecular complexity index is 1760. The van der Waals surface area contributed by atoms with Gasteiger partial charge in [0, 0.05) is 23.5 Å². The van der Waals surface area contributed by atoms with E-state index in [4.69, 9.17) is 4.74 Å². The van der Waals surface area contributed by atoms with Gasteiger partial charge in [0.15, 0.2) is 0 Å². The van der Waals surface area contributed by atoms with Gasteiger partial charge in [-0.3, -0.25) is 13.9 Å². The van der Waals surface area contributed by atoms with Crippen LogP contribution in [0.5, 0.6) is 5.75 Å². The summed E-state index contributed by atoms with van der Waals surface area (Å²) in [4.78, 5) is 30.4. The highest BCUT2D eigenvalue weighted by Gasteiger charge is 2.35. The summed E-state index contributed by atoms with van der Waals surface area (Å²) in [5, 5.41) is 3.21. The second-order valence-electron chi connectivity index (χ2n) is 12.1. The normalized spacial score (nSPS) is 13.9. The van der Waals surface area contributed by atoms with E-state index in [9.17, 15) is 18.0 Å². The van der Waals surface area contributed by atoms with Crippen molar-refractivity contribution in [2.75, 3.05) is 17.5 Å². The SMILES string of the molecule is CCOc1ccc(S(=O)(=O)N(CC(=O)N(Cc2ccc(Br)cc2)[C@@H](Cc2ccccc2)C(=O)NC2CCCC2)c2ccc(C)cc2)cc1. The largest absolute Gasteiger partial charge is 0.494 e. The summed E-state index contributed by atoms with van der Waals surface area (Å²) in [6.45, 7) is 3.83. The minimum atomic E-state index is -4.21. The molecule has 4 aromatic carbocycles. The van der Waals surface area contributed by atoms with E-state index in [1.165, 1.54) is 17.0 Å². The Labute approximate surface area is 292 Å². The Balaban J connectivity index is 1.55. The number of nitrogens with one attached hydrogen (secondary N) is 1. The standard InChI is InChI=1S/C38H42BrN3O5S/c1-3-47-34-21-23-35(24-22-34)48(45,46)42(33-19-13-28(2)14-20-33)27-37(43)41(26-30-15-17-31(39)18-16-30)36(25-29-9-5-4-6-10-29)38(44)40-32-11-7-8-12-32/h4-6,9-10,13-24,32,36H,3,7-8,11-12,25-27H2,1-2H3,(H,40,44)/t36-/m0/s1. The zero-order chi connectivity index (χ0) is 34.1. The fourth-order valence-electron chi connectivity index (χ4n) is 5.95. The third kappa shape index (κ3) is 9.05. The fraction of sp³-hybridized carbons (Fsp3) is 0.316. The minimum absolute atomic E-state index is 0.0265. The smallest absolute Gasteiger partial charge is 0.264 e. The first-order valence-corrected chi connectivity index (χ1v) is 18.6. The van der Waals surface area contributed by atoms with Crippen LogP contribution in [0.4, 0.5) is 5.69 Å². The Morgan fingerprint density at radius 1 is 0.875 bits per heavy atom. The lowest BCUT2D eigenvalue weighted by Gasteiger charge is -2.34. The number of aryl methyl sites for hydroxylation is 1. The summed E-state index contributed by atoms with van der Waals surface area (Å²) in [6, 6.07) is 29.5. The molecule has 1 N–H and O–H groups in total. The van der Waals surface area contributed by atoms with Gasteiger partial charge in [-0.15, -0.1) is 0 Å². The number of hydrogen-bond acceptors (Lipinski definition) is 5. The van der Waals surface area contributed by atoms with Gasteiger partial charge in [0.05, 0.1) is 17.2 Å². The second kappa shape index (κ2) is 16.3. The van der Waals surface area contributed by atoms with Crippen molar-refractivity contribution in [2.45, 2.75) is 69.5 Å². The highest BCUT2D eigenvalue weighted by molar-refractivity contribution is 9.10. The van der Waals surface area contributed by atoms with Gasteiger partial charge < -0.3 is 15.0 Å². The van der Waals surface area contributed by atoms with E-state index >= 15 is 0 Å². The molecule has 10 heteroatoms. The number of ether oxygens (including phenoxy) is 1. The zero-order valence-electron chi connectivity index (χ0n) is 27.3. The molecule has 1 atom stereocenters. The van der Waals surface area contributed by atoms with Gasteiger partial charge in [-0.05, 0) is 86.3 Å². The molecule has 1 aliphatic carbocycles. The number of amides is 2. The second-order valence-corrected chi connectivity index (χ2v) is 14.9. The zero-order valence-corrected chi connectivity index (χ0v) is 29.8. The van der Waals surface area contributed by atoms with Crippen LogP contribution in [0.2, 0.25) is 0 Å². The van der Waals surface area contributed by atoms with Crippen LogP contribution in [0, 0.1) is 6.92 Å². The van der Waals surface area contributed by atoms with Crippen LogP contribution in [-0.4, -0.2) is 50.4 Å². The topological polar surface area (TPSA) is 96.0 Å². The summed E-state index contributed by atoms with van der Waals surface area (Å²) in [7, 11) is -4.21. The van der Waals surface area contributed by atoms with Crippen molar-refractivity contribution < 1.29 is 22.7 Å². The van der Waals surface area contributed by atoms with Crippen molar-refractivity contribution >= 4 is 43.5 Å². The van der Waals surface area contributed by atoms with Gasteiger partial charge in [0.2, 0.25) is 11.8 Å². The Kier molecular flexibility index (Phi) is 11.9. The van der Waals surface area contributed by atoms with Gasteiger partial charge >= 0.3 is 0 Å². The molecule has 1 saturated carbocycles. The fourth-order valence-corrected chi connectivity index (χ4v) is 7.63. The summed E-state index contributed by atoms with van der Waals surface area (Å²) >= 11 is 3.48. The van der Waals surface area contributed by atoms with E-state index in [1.807, 2.05) is 80.6 Å². The van der Waals surface area contributed by atoms with Gasteiger partial charge in [0.25, 0.3) is 10.0 Å². The molecule has 1 aliphatic rings. The van der Waals surface area contributed by atoms with Gasteiger partial charge in [-0.1, -0.05) is 88.9 Å². The first kappa shape index (κ1) is 35.2. The molecule has 0 aliphatic heterocycles. The van der Waals surface area contributed by atoms with Crippen LogP contribution in [-0.2, 0) is 32.6 Å². The van der Waals surface area contributed by atoms with Crippen LogP contribution in [0.1, 0.15) is 49.3 Å². The molecule has 0 spiro atoms. The van der Waals surface area contributed by atoms with Crippen molar-refractivity contribution in [2.24, 2.45) is 0 Å². The molecule has 5 rings (SSSR count). The number of sulfonamides is 1. The molecular formula is C38H42BrN3O5S. The molecule has 252 valence electrons. The maximum Gasteiger partial charge on any atom is 0.264 e. The third-order valence-electron chi connectivity index (χ3n) is 8.56. The molecule has 0 saturated heterocycles. The quantitative estimate of drug-likeness (QED) is 0.150. The van der Waals surface area contributed by atoms with E-state index in [0.717, 1.165) is 51.2 Å². The molecule has 48 heavy (non-hydrogen) atoms. The molecule has 2 amide bonds. The van der Waals surface area contributed by atoms with Crippen molar-refractivity contribution in [3.8, 4) is 5.75 Å². The Morgan fingerprint density at radius 3 is 2.15 bits per heavy atom. The predicted molar refractivity (Wildman–Crippen MR) is 192 cm³/mol. The van der Waals surface area contributed by atoms with Crippen LogP contribution in [0.3, 0.4) is 0 Å². The number of anilines is 1. The Hall–Kier alpha value is -4.15. The lowest BCUT2D eigenvalue weighted by atomic mass is 10.0. The molecular weight excluding hydrogens is 690 g/mol. The van der Waals surface area contributed by atoms with E-state index in [-0.39, 0.29) is 29.8 Å². The molecule has 1 fully saturated rings. The van der Waals surface area contributed by atoms with Gasteiger partial charge in [-0.2, -0.15) is 0 Å². The van der Waals surface area contributed by atoms with E-state index in [0.29, 0.717) is 18.0 Å². The molecule has 0 aromatic heterocycles. The molecule has 8 nitrogen and oxygen atoms in total. The molecule has 0 bridgehead atoms. The number of halogens is 1. The average molecular weight is 733 g/mol. The highest BCUT2D eigenvalue weighted by atomic mass is 79.9. The predicted octanol–water partition coefficient (Wildman–Crippen LogP) is 7.05. The summed E-state index contributed by atoms with van der Waals surface area (Å²) < 4.78 is 36.1. The lowest BCUT2D eigenvalue weighted by molar-refractivity contribution is -0.140. The summed E-state index contributed by atoms with van der Waals surface area (Å²) in [6.07, 6.45) is 4.16. The molecule has 0 radical (unpaired) electrons. The van der Waals surface area contributed by atoms with Crippen molar-refractivity contribution in [3.63, 3.8) is 0 Å². The summed E-state index contributed by atoms with van der Waals surface area (Å²) in [5.41, 5.74) is 3.01. The number of rotatable bonds is 14. The first-order chi connectivity index (χ1) is 23.1. The number of carbonyl (C=O) groups is 2. The lowest BCUT2D eigenvalue weighted by Crippen LogP contribution is -2.54. The van der Waals surface area contributed by atoms with E-state index in [2.05, 4.69) is 21.2 Å². The monoisotopic (exact) mass is 731 g/mol.